The number of guanidine groups is 1. The summed E-state index contributed by atoms with van der Waals surface area (Å²) in [6.45, 7) is 1.21. The van der Waals surface area contributed by atoms with E-state index in [1.165, 1.54) is 0 Å². The van der Waals surface area contributed by atoms with E-state index in [1.54, 1.807) is 7.05 Å². The number of aliphatic imine (C=N–C) groups is 1. The molecule has 0 saturated carbocycles. The zero-order chi connectivity index (χ0) is 10.3. The van der Waals surface area contributed by atoms with Crippen LogP contribution < -0.4 is 0 Å². The van der Waals surface area contributed by atoms with E-state index in [0.29, 0.717) is 0 Å². The molecule has 0 aliphatic rings. The molecular formula is C9H21N3O. The van der Waals surface area contributed by atoms with Crippen molar-refractivity contribution in [3.8, 4) is 0 Å². The van der Waals surface area contributed by atoms with Gasteiger partial charge in [0.05, 0.1) is 0 Å². The predicted octanol–water partition coefficient (Wildman–Crippen LogP) is 0.238. The van der Waals surface area contributed by atoms with Crippen LogP contribution in [0.1, 0.15) is 12.8 Å². The van der Waals surface area contributed by atoms with E-state index in [9.17, 15) is 0 Å². The van der Waals surface area contributed by atoms with Crippen LogP contribution in [0.5, 0.6) is 0 Å². The van der Waals surface area contributed by atoms with Crippen LogP contribution in [0, 0.1) is 0 Å². The molecule has 0 aromatic rings. The van der Waals surface area contributed by atoms with Gasteiger partial charge < -0.3 is 14.9 Å². The van der Waals surface area contributed by atoms with E-state index in [2.05, 4.69) is 9.89 Å². The molecule has 0 saturated heterocycles. The maximum atomic E-state index is 8.62. The van der Waals surface area contributed by atoms with Gasteiger partial charge in [0.2, 0.25) is 0 Å². The highest BCUT2D eigenvalue weighted by Gasteiger charge is 2.06. The smallest absolute Gasteiger partial charge is 0.195 e. The summed E-state index contributed by atoms with van der Waals surface area (Å²) in [7, 11) is 7.76. The Hall–Kier alpha value is -0.770. The molecule has 1 N–H and O–H groups in total. The Morgan fingerprint density at radius 1 is 1.23 bits per heavy atom. The van der Waals surface area contributed by atoms with Crippen molar-refractivity contribution in [3.05, 3.63) is 0 Å². The lowest BCUT2D eigenvalue weighted by molar-refractivity contribution is 0.277. The molecule has 0 atom stereocenters. The molecular weight excluding hydrogens is 166 g/mol. The summed E-state index contributed by atoms with van der Waals surface area (Å²) in [5.41, 5.74) is 0. The van der Waals surface area contributed by atoms with Gasteiger partial charge in [-0.15, -0.1) is 0 Å². The molecule has 0 aromatic heterocycles. The van der Waals surface area contributed by atoms with Crippen LogP contribution in [-0.4, -0.2) is 62.2 Å². The number of aliphatic hydroxyl groups is 1. The van der Waals surface area contributed by atoms with Crippen LogP contribution in [0.25, 0.3) is 0 Å². The van der Waals surface area contributed by atoms with E-state index < -0.39 is 0 Å². The highest BCUT2D eigenvalue weighted by Crippen LogP contribution is 1.95. The van der Waals surface area contributed by atoms with Crippen molar-refractivity contribution in [1.82, 2.24) is 9.80 Å². The fraction of sp³-hybridized carbons (Fsp3) is 0.889. The third-order valence-electron chi connectivity index (χ3n) is 1.84. The molecule has 4 nitrogen and oxygen atoms in total. The monoisotopic (exact) mass is 187 g/mol. The largest absolute Gasteiger partial charge is 0.396 e. The number of hydrogen-bond acceptors (Lipinski definition) is 2. The Balaban J connectivity index is 3.86. The van der Waals surface area contributed by atoms with Crippen LogP contribution in [0.4, 0.5) is 0 Å². The second-order valence-corrected chi connectivity index (χ2v) is 3.27. The second kappa shape index (κ2) is 6.71. The molecule has 0 bridgehead atoms. The first-order valence-electron chi connectivity index (χ1n) is 4.59. The lowest BCUT2D eigenvalue weighted by Crippen LogP contribution is -2.38. The Morgan fingerprint density at radius 3 is 2.23 bits per heavy atom. The van der Waals surface area contributed by atoms with Gasteiger partial charge in [0.25, 0.3) is 0 Å². The molecule has 13 heavy (non-hydrogen) atoms. The van der Waals surface area contributed by atoms with Crippen molar-refractivity contribution >= 4 is 5.96 Å². The maximum Gasteiger partial charge on any atom is 0.195 e. The molecule has 0 amide bonds. The first-order valence-corrected chi connectivity index (χ1v) is 4.59. The van der Waals surface area contributed by atoms with Crippen LogP contribution in [0.15, 0.2) is 4.99 Å². The second-order valence-electron chi connectivity index (χ2n) is 3.27. The van der Waals surface area contributed by atoms with Crippen LogP contribution >= 0.6 is 0 Å². The van der Waals surface area contributed by atoms with Gasteiger partial charge >= 0.3 is 0 Å². The molecule has 0 unspecified atom stereocenters. The summed E-state index contributed by atoms with van der Waals surface area (Å²) in [6, 6.07) is 0. The van der Waals surface area contributed by atoms with Crippen molar-refractivity contribution < 1.29 is 5.11 Å². The average molecular weight is 187 g/mol. The summed E-state index contributed by atoms with van der Waals surface area (Å²) in [6.07, 6.45) is 1.86. The highest BCUT2D eigenvalue weighted by molar-refractivity contribution is 5.79. The van der Waals surface area contributed by atoms with Crippen molar-refractivity contribution in [2.75, 3.05) is 41.3 Å². The minimum absolute atomic E-state index is 0.272. The summed E-state index contributed by atoms with van der Waals surface area (Å²) in [5, 5.41) is 8.62. The quantitative estimate of drug-likeness (QED) is 0.389. The third kappa shape index (κ3) is 4.72. The van der Waals surface area contributed by atoms with E-state index in [4.69, 9.17) is 5.11 Å². The maximum absolute atomic E-state index is 8.62. The SMILES string of the molecule is C/N=C(/N(C)C)N(C)CCCCO. The molecule has 4 heteroatoms. The number of rotatable bonds is 4. The highest BCUT2D eigenvalue weighted by atomic mass is 16.2. The van der Waals surface area contributed by atoms with Gasteiger partial charge in [-0.1, -0.05) is 0 Å². The molecule has 0 aliphatic carbocycles. The Bertz CT molecular complexity index is 157. The molecule has 0 fully saturated rings. The molecule has 0 radical (unpaired) electrons. The Kier molecular flexibility index (Phi) is 6.32. The fourth-order valence-electron chi connectivity index (χ4n) is 1.27. The van der Waals surface area contributed by atoms with Crippen molar-refractivity contribution in [2.24, 2.45) is 4.99 Å². The molecule has 0 heterocycles. The first kappa shape index (κ1) is 12.2. The van der Waals surface area contributed by atoms with Gasteiger partial charge in [-0.25, -0.2) is 0 Å². The van der Waals surface area contributed by atoms with E-state index in [1.807, 2.05) is 26.0 Å². The summed E-state index contributed by atoms with van der Waals surface area (Å²) >= 11 is 0. The number of unbranched alkanes of at least 4 members (excludes halogenated alkanes) is 1. The predicted molar refractivity (Wildman–Crippen MR) is 56.0 cm³/mol. The number of hydrogen-bond donors (Lipinski definition) is 1. The number of nitrogens with zero attached hydrogens (tertiary/aromatic N) is 3. The topological polar surface area (TPSA) is 39.1 Å². The molecule has 0 spiro atoms. The van der Waals surface area contributed by atoms with Gasteiger partial charge in [0.15, 0.2) is 5.96 Å². The summed E-state index contributed by atoms with van der Waals surface area (Å²) in [4.78, 5) is 8.25. The van der Waals surface area contributed by atoms with Crippen molar-refractivity contribution in [2.45, 2.75) is 12.8 Å². The van der Waals surface area contributed by atoms with Gasteiger partial charge in [0.1, 0.15) is 0 Å². The van der Waals surface area contributed by atoms with Crippen molar-refractivity contribution in [3.63, 3.8) is 0 Å². The van der Waals surface area contributed by atoms with Gasteiger partial charge in [-0.2, -0.15) is 0 Å². The zero-order valence-electron chi connectivity index (χ0n) is 9.12. The molecule has 0 aromatic carbocycles. The Morgan fingerprint density at radius 2 is 1.85 bits per heavy atom. The summed E-state index contributed by atoms with van der Waals surface area (Å²) in [5.74, 6) is 0.970. The Labute approximate surface area is 80.9 Å². The van der Waals surface area contributed by atoms with Crippen LogP contribution in [0.3, 0.4) is 0 Å². The lowest BCUT2D eigenvalue weighted by atomic mass is 10.3. The van der Waals surface area contributed by atoms with Crippen molar-refractivity contribution in [1.29, 1.82) is 0 Å². The third-order valence-corrected chi connectivity index (χ3v) is 1.84. The van der Waals surface area contributed by atoms with E-state index in [0.717, 1.165) is 25.3 Å². The minimum Gasteiger partial charge on any atom is -0.396 e. The summed E-state index contributed by atoms with van der Waals surface area (Å²) < 4.78 is 0. The van der Waals surface area contributed by atoms with Gasteiger partial charge in [0, 0.05) is 41.3 Å². The fourth-order valence-corrected chi connectivity index (χ4v) is 1.27. The zero-order valence-corrected chi connectivity index (χ0v) is 9.12. The standard InChI is InChI=1S/C9H21N3O/c1-10-9(11(2)3)12(4)7-5-6-8-13/h13H,5-8H2,1-4H3/b10-9-. The van der Waals surface area contributed by atoms with Crippen LogP contribution in [0.2, 0.25) is 0 Å². The molecule has 0 rings (SSSR count). The normalized spacial score (nSPS) is 11.6. The lowest BCUT2D eigenvalue weighted by Gasteiger charge is -2.25. The van der Waals surface area contributed by atoms with Gasteiger partial charge in [-0.3, -0.25) is 4.99 Å². The van der Waals surface area contributed by atoms with E-state index >= 15 is 0 Å². The first-order chi connectivity index (χ1) is 6.13. The van der Waals surface area contributed by atoms with Gasteiger partial charge in [-0.05, 0) is 12.8 Å². The number of aliphatic hydroxyl groups excluding tert-OH is 1. The molecule has 78 valence electrons. The van der Waals surface area contributed by atoms with Crippen LogP contribution in [-0.2, 0) is 0 Å². The average Bonchev–Trinajstić information content (AvgIpc) is 2.05. The van der Waals surface area contributed by atoms with E-state index in [-0.39, 0.29) is 6.61 Å². The molecule has 0 aliphatic heterocycles. The minimum atomic E-state index is 0.272.